The largest absolute Gasteiger partial charge is 0.381 e. The molecule has 4 nitrogen and oxygen atoms in total. The summed E-state index contributed by atoms with van der Waals surface area (Å²) in [6, 6.07) is 9.82. The summed E-state index contributed by atoms with van der Waals surface area (Å²) in [5.41, 5.74) is 1.07. The van der Waals surface area contributed by atoms with Gasteiger partial charge in [0.2, 0.25) is 5.91 Å². The zero-order valence-electron chi connectivity index (χ0n) is 12.4. The van der Waals surface area contributed by atoms with E-state index in [1.54, 1.807) is 0 Å². The molecule has 0 unspecified atom stereocenters. The number of rotatable bonds is 10. The van der Waals surface area contributed by atoms with E-state index in [0.29, 0.717) is 25.7 Å². The highest BCUT2D eigenvalue weighted by Crippen LogP contribution is 1.99. The maximum absolute atomic E-state index is 11.5. The van der Waals surface area contributed by atoms with E-state index in [0.717, 1.165) is 18.6 Å². The van der Waals surface area contributed by atoms with Crippen molar-refractivity contribution in [3.05, 3.63) is 35.9 Å². The number of benzene rings is 1. The molecular weight excluding hydrogens is 254 g/mol. The number of ether oxygens (including phenoxy) is 2. The molecule has 0 fully saturated rings. The number of carbonyl (C=O) groups is 1. The van der Waals surface area contributed by atoms with Crippen LogP contribution in [-0.2, 0) is 20.9 Å². The molecule has 4 heteroatoms. The summed E-state index contributed by atoms with van der Waals surface area (Å²) in [5.74, 6) is 0.473. The Labute approximate surface area is 121 Å². The van der Waals surface area contributed by atoms with Crippen molar-refractivity contribution < 1.29 is 14.3 Å². The van der Waals surface area contributed by atoms with Crippen molar-refractivity contribution in [3.63, 3.8) is 0 Å². The van der Waals surface area contributed by atoms with Gasteiger partial charge in [-0.3, -0.25) is 4.79 Å². The molecule has 0 aromatic heterocycles. The van der Waals surface area contributed by atoms with Crippen molar-refractivity contribution in [3.8, 4) is 0 Å². The molecule has 0 bridgehead atoms. The standard InChI is InChI=1S/C16H25NO3/c1-14(2)11-19-10-6-9-17-16(18)13-20-12-15-7-4-3-5-8-15/h3-5,7-8,14H,6,9-13H2,1-2H3,(H,17,18). The van der Waals surface area contributed by atoms with Gasteiger partial charge >= 0.3 is 0 Å². The third kappa shape index (κ3) is 8.67. The van der Waals surface area contributed by atoms with Crippen LogP contribution in [0.1, 0.15) is 25.8 Å². The molecule has 1 aromatic rings. The van der Waals surface area contributed by atoms with E-state index in [1.165, 1.54) is 0 Å². The number of hydrogen-bond acceptors (Lipinski definition) is 3. The second kappa shape index (κ2) is 10.4. The third-order valence-electron chi connectivity index (χ3n) is 2.58. The summed E-state index contributed by atoms with van der Waals surface area (Å²) in [7, 11) is 0. The molecule has 0 saturated carbocycles. The van der Waals surface area contributed by atoms with E-state index < -0.39 is 0 Å². The smallest absolute Gasteiger partial charge is 0.246 e. The Kier molecular flexibility index (Phi) is 8.67. The van der Waals surface area contributed by atoms with Crippen LogP contribution in [0.3, 0.4) is 0 Å². The first-order valence-corrected chi connectivity index (χ1v) is 7.14. The SMILES string of the molecule is CC(C)COCCCNC(=O)COCc1ccccc1. The molecule has 0 aliphatic carbocycles. The summed E-state index contributed by atoms with van der Waals surface area (Å²) in [5, 5.41) is 2.81. The first kappa shape index (κ1) is 16.7. The van der Waals surface area contributed by atoms with Crippen LogP contribution >= 0.6 is 0 Å². The third-order valence-corrected chi connectivity index (χ3v) is 2.58. The number of nitrogens with one attached hydrogen (secondary N) is 1. The van der Waals surface area contributed by atoms with Crippen LogP contribution in [0.4, 0.5) is 0 Å². The van der Waals surface area contributed by atoms with Gasteiger partial charge in [-0.15, -0.1) is 0 Å². The molecule has 1 amide bonds. The van der Waals surface area contributed by atoms with Gasteiger partial charge in [0.25, 0.3) is 0 Å². The van der Waals surface area contributed by atoms with Crippen LogP contribution < -0.4 is 5.32 Å². The molecule has 0 spiro atoms. The second-order valence-electron chi connectivity index (χ2n) is 5.15. The quantitative estimate of drug-likeness (QED) is 0.669. The van der Waals surface area contributed by atoms with Crippen molar-refractivity contribution in [1.29, 1.82) is 0 Å². The Morgan fingerprint density at radius 2 is 1.95 bits per heavy atom. The van der Waals surface area contributed by atoms with Crippen LogP contribution in [0.25, 0.3) is 0 Å². The Morgan fingerprint density at radius 1 is 1.20 bits per heavy atom. The fourth-order valence-corrected chi connectivity index (χ4v) is 1.61. The maximum Gasteiger partial charge on any atom is 0.246 e. The Balaban J connectivity index is 1.95. The minimum absolute atomic E-state index is 0.0789. The molecule has 1 aromatic carbocycles. The zero-order chi connectivity index (χ0) is 14.6. The molecule has 20 heavy (non-hydrogen) atoms. The van der Waals surface area contributed by atoms with Gasteiger partial charge in [0.15, 0.2) is 0 Å². The number of hydrogen-bond donors (Lipinski definition) is 1. The highest BCUT2D eigenvalue weighted by Gasteiger charge is 2.01. The predicted molar refractivity (Wildman–Crippen MR) is 79.4 cm³/mol. The van der Waals surface area contributed by atoms with Crippen LogP contribution in [-0.4, -0.2) is 32.3 Å². The number of amides is 1. The summed E-state index contributed by atoms with van der Waals surface area (Å²) in [4.78, 5) is 11.5. The highest BCUT2D eigenvalue weighted by atomic mass is 16.5. The summed E-state index contributed by atoms with van der Waals surface area (Å²) < 4.78 is 10.8. The van der Waals surface area contributed by atoms with Gasteiger partial charge in [-0.05, 0) is 17.9 Å². The van der Waals surface area contributed by atoms with Crippen LogP contribution in [0.5, 0.6) is 0 Å². The first-order valence-electron chi connectivity index (χ1n) is 7.14. The normalized spacial score (nSPS) is 10.8. The van der Waals surface area contributed by atoms with Crippen molar-refractivity contribution in [2.24, 2.45) is 5.92 Å². The minimum atomic E-state index is -0.0789. The Hall–Kier alpha value is -1.39. The molecule has 0 aliphatic heterocycles. The topological polar surface area (TPSA) is 47.6 Å². The van der Waals surface area contributed by atoms with E-state index in [2.05, 4.69) is 19.2 Å². The lowest BCUT2D eigenvalue weighted by Gasteiger charge is -2.08. The lowest BCUT2D eigenvalue weighted by Crippen LogP contribution is -2.29. The molecule has 0 heterocycles. The van der Waals surface area contributed by atoms with Gasteiger partial charge in [-0.2, -0.15) is 0 Å². The first-order chi connectivity index (χ1) is 9.68. The number of carbonyl (C=O) groups excluding carboxylic acids is 1. The summed E-state index contributed by atoms with van der Waals surface area (Å²) in [6.07, 6.45) is 0.831. The predicted octanol–water partition coefficient (Wildman–Crippen LogP) is 2.38. The molecular formula is C16H25NO3. The maximum atomic E-state index is 11.5. The monoisotopic (exact) mass is 279 g/mol. The van der Waals surface area contributed by atoms with Gasteiger partial charge in [0.1, 0.15) is 6.61 Å². The molecule has 0 atom stereocenters. The average molecular weight is 279 g/mol. The molecule has 112 valence electrons. The van der Waals surface area contributed by atoms with E-state index in [-0.39, 0.29) is 12.5 Å². The molecule has 1 N–H and O–H groups in total. The molecule has 0 aliphatic rings. The van der Waals surface area contributed by atoms with Crippen molar-refractivity contribution in [2.75, 3.05) is 26.4 Å². The lowest BCUT2D eigenvalue weighted by molar-refractivity contribution is -0.126. The minimum Gasteiger partial charge on any atom is -0.381 e. The highest BCUT2D eigenvalue weighted by molar-refractivity contribution is 5.77. The van der Waals surface area contributed by atoms with Gasteiger partial charge in [0.05, 0.1) is 6.61 Å². The van der Waals surface area contributed by atoms with Gasteiger partial charge in [0, 0.05) is 19.8 Å². The Morgan fingerprint density at radius 3 is 2.65 bits per heavy atom. The van der Waals surface area contributed by atoms with Crippen molar-refractivity contribution in [1.82, 2.24) is 5.32 Å². The fraction of sp³-hybridized carbons (Fsp3) is 0.562. The molecule has 0 radical (unpaired) electrons. The van der Waals surface area contributed by atoms with Crippen LogP contribution in [0.15, 0.2) is 30.3 Å². The summed E-state index contributed by atoms with van der Waals surface area (Å²) >= 11 is 0. The van der Waals surface area contributed by atoms with E-state index in [1.807, 2.05) is 30.3 Å². The second-order valence-corrected chi connectivity index (χ2v) is 5.15. The van der Waals surface area contributed by atoms with Crippen LogP contribution in [0, 0.1) is 5.92 Å². The Bertz CT molecular complexity index is 365. The lowest BCUT2D eigenvalue weighted by atomic mass is 10.2. The van der Waals surface area contributed by atoms with Crippen molar-refractivity contribution in [2.45, 2.75) is 26.9 Å². The van der Waals surface area contributed by atoms with Gasteiger partial charge in [-0.1, -0.05) is 44.2 Å². The molecule has 0 saturated heterocycles. The summed E-state index contributed by atoms with van der Waals surface area (Å²) in [6.45, 7) is 6.88. The van der Waals surface area contributed by atoms with Gasteiger partial charge in [-0.25, -0.2) is 0 Å². The zero-order valence-corrected chi connectivity index (χ0v) is 12.4. The van der Waals surface area contributed by atoms with Crippen LogP contribution in [0.2, 0.25) is 0 Å². The molecule has 1 rings (SSSR count). The average Bonchev–Trinajstić information content (AvgIpc) is 2.43. The fourth-order valence-electron chi connectivity index (χ4n) is 1.61. The van der Waals surface area contributed by atoms with E-state index in [9.17, 15) is 4.79 Å². The van der Waals surface area contributed by atoms with E-state index in [4.69, 9.17) is 9.47 Å². The van der Waals surface area contributed by atoms with E-state index >= 15 is 0 Å². The van der Waals surface area contributed by atoms with Gasteiger partial charge < -0.3 is 14.8 Å². The van der Waals surface area contributed by atoms with Crippen molar-refractivity contribution >= 4 is 5.91 Å².